The fraction of sp³-hybridized carbons (Fsp3) is 0.500. The van der Waals surface area contributed by atoms with E-state index in [-0.39, 0.29) is 12.5 Å². The van der Waals surface area contributed by atoms with Gasteiger partial charge in [0.1, 0.15) is 11.5 Å². The number of ether oxygens (including phenoxy) is 1. The van der Waals surface area contributed by atoms with Gasteiger partial charge in [0.15, 0.2) is 0 Å². The first-order valence-electron chi connectivity index (χ1n) is 8.35. The number of hydrogen-bond acceptors (Lipinski definition) is 7. The number of morpholine rings is 1. The van der Waals surface area contributed by atoms with Crippen LogP contribution in [0.4, 0.5) is 5.82 Å². The largest absolute Gasteiger partial charge is 0.390 e. The Morgan fingerprint density at radius 3 is 2.84 bits per heavy atom. The number of nitrogens with zero attached hydrogens (tertiary/aromatic N) is 6. The van der Waals surface area contributed by atoms with Gasteiger partial charge >= 0.3 is 0 Å². The van der Waals surface area contributed by atoms with E-state index in [1.165, 1.54) is 6.20 Å². The van der Waals surface area contributed by atoms with Crippen LogP contribution >= 0.6 is 0 Å². The van der Waals surface area contributed by atoms with Crippen molar-refractivity contribution in [3.8, 4) is 0 Å². The van der Waals surface area contributed by atoms with Gasteiger partial charge in [0.25, 0.3) is 5.91 Å². The molecular weight excluding hydrogens is 324 g/mol. The number of hydrogen-bond donors (Lipinski definition) is 1. The average Bonchev–Trinajstić information content (AvgIpc) is 3.10. The number of carbonyl (C=O) groups excluding carboxylic acids is 1. The molecule has 1 fully saturated rings. The van der Waals surface area contributed by atoms with Crippen molar-refractivity contribution >= 4 is 11.7 Å². The Labute approximate surface area is 144 Å². The van der Waals surface area contributed by atoms with Gasteiger partial charge in [-0.25, -0.2) is 4.98 Å². The molecular formula is C16H20N6O3. The summed E-state index contributed by atoms with van der Waals surface area (Å²) in [5.74, 6) is 0.569. The molecule has 132 valence electrons. The van der Waals surface area contributed by atoms with Gasteiger partial charge in [0.2, 0.25) is 0 Å². The lowest BCUT2D eigenvalue weighted by Gasteiger charge is -2.29. The van der Waals surface area contributed by atoms with Gasteiger partial charge in [-0.3, -0.25) is 14.5 Å². The molecule has 2 aromatic heterocycles. The molecule has 1 saturated heterocycles. The van der Waals surface area contributed by atoms with Crippen molar-refractivity contribution in [2.24, 2.45) is 0 Å². The molecule has 4 rings (SSSR count). The second kappa shape index (κ2) is 6.77. The fourth-order valence-electron chi connectivity index (χ4n) is 3.14. The number of fused-ring (bicyclic) bond motifs is 1. The molecule has 4 heterocycles. The predicted molar refractivity (Wildman–Crippen MR) is 88.0 cm³/mol. The third-order valence-corrected chi connectivity index (χ3v) is 4.47. The Hall–Kier alpha value is -2.52. The van der Waals surface area contributed by atoms with Crippen molar-refractivity contribution in [3.63, 3.8) is 0 Å². The Morgan fingerprint density at radius 1 is 1.20 bits per heavy atom. The Morgan fingerprint density at radius 2 is 2.04 bits per heavy atom. The third kappa shape index (κ3) is 3.20. The lowest BCUT2D eigenvalue weighted by Crippen LogP contribution is -2.41. The molecule has 9 heteroatoms. The maximum Gasteiger partial charge on any atom is 0.274 e. The van der Waals surface area contributed by atoms with E-state index in [4.69, 9.17) is 4.74 Å². The van der Waals surface area contributed by atoms with Crippen LogP contribution in [0.2, 0.25) is 0 Å². The molecule has 0 aliphatic carbocycles. The molecule has 9 nitrogen and oxygen atoms in total. The third-order valence-electron chi connectivity index (χ3n) is 4.47. The van der Waals surface area contributed by atoms with Crippen LogP contribution in [0.25, 0.3) is 0 Å². The number of rotatable bonds is 3. The molecule has 0 saturated carbocycles. The summed E-state index contributed by atoms with van der Waals surface area (Å²) in [7, 11) is 0. The highest BCUT2D eigenvalue weighted by Crippen LogP contribution is 2.20. The molecule has 2 aromatic rings. The van der Waals surface area contributed by atoms with Crippen molar-refractivity contribution in [2.75, 3.05) is 37.7 Å². The maximum atomic E-state index is 12.6. The van der Waals surface area contributed by atoms with Crippen LogP contribution in [0.3, 0.4) is 0 Å². The van der Waals surface area contributed by atoms with Crippen LogP contribution in [0.1, 0.15) is 21.9 Å². The van der Waals surface area contributed by atoms with Gasteiger partial charge in [-0.15, -0.1) is 0 Å². The number of aromatic nitrogens is 4. The molecule has 0 unspecified atom stereocenters. The number of carbonyl (C=O) groups is 1. The lowest BCUT2D eigenvalue weighted by atomic mass is 10.3. The number of aliphatic hydroxyl groups is 1. The zero-order valence-corrected chi connectivity index (χ0v) is 13.8. The van der Waals surface area contributed by atoms with Crippen LogP contribution in [-0.4, -0.2) is 68.5 Å². The van der Waals surface area contributed by atoms with Gasteiger partial charge in [-0.1, -0.05) is 0 Å². The van der Waals surface area contributed by atoms with Crippen molar-refractivity contribution in [1.29, 1.82) is 0 Å². The SMILES string of the molecule is O=C(c1cncc(N2CCn3nc(CO)cc3C2)n1)N1CCOCC1. The zero-order chi connectivity index (χ0) is 17.2. The number of aliphatic hydroxyl groups excluding tert-OH is 1. The van der Waals surface area contributed by atoms with Crippen LogP contribution in [0.5, 0.6) is 0 Å². The molecule has 0 spiro atoms. The highest BCUT2D eigenvalue weighted by molar-refractivity contribution is 5.92. The van der Waals surface area contributed by atoms with Crippen molar-refractivity contribution in [2.45, 2.75) is 19.7 Å². The van der Waals surface area contributed by atoms with Gasteiger partial charge in [0, 0.05) is 19.6 Å². The summed E-state index contributed by atoms with van der Waals surface area (Å²) in [4.78, 5) is 25.1. The van der Waals surface area contributed by atoms with E-state index in [1.807, 2.05) is 10.7 Å². The topological polar surface area (TPSA) is 96.6 Å². The average molecular weight is 344 g/mol. The van der Waals surface area contributed by atoms with Crippen LogP contribution in [0, 0.1) is 0 Å². The monoisotopic (exact) mass is 344 g/mol. The van der Waals surface area contributed by atoms with Crippen LogP contribution < -0.4 is 4.90 Å². The van der Waals surface area contributed by atoms with Crippen LogP contribution in [-0.2, 0) is 24.4 Å². The number of anilines is 1. The summed E-state index contributed by atoms with van der Waals surface area (Å²) in [6, 6.07) is 1.89. The summed E-state index contributed by atoms with van der Waals surface area (Å²) in [6.45, 7) is 4.27. The van der Waals surface area contributed by atoms with E-state index in [9.17, 15) is 9.90 Å². The fourth-order valence-corrected chi connectivity index (χ4v) is 3.14. The molecule has 25 heavy (non-hydrogen) atoms. The smallest absolute Gasteiger partial charge is 0.274 e. The Kier molecular flexibility index (Phi) is 4.33. The standard InChI is InChI=1S/C16H20N6O3/c23-11-12-7-13-10-21(1-2-22(13)19-12)15-9-17-8-14(18-15)16(24)20-3-5-25-6-4-20/h7-9,23H,1-6,10-11H2. The van der Waals surface area contributed by atoms with Gasteiger partial charge in [0.05, 0.1) is 56.7 Å². The number of amides is 1. The first-order chi connectivity index (χ1) is 12.2. The Bertz CT molecular complexity index is 771. The maximum absolute atomic E-state index is 12.6. The van der Waals surface area contributed by atoms with E-state index in [0.717, 1.165) is 12.2 Å². The summed E-state index contributed by atoms with van der Waals surface area (Å²) < 4.78 is 7.19. The van der Waals surface area contributed by atoms with Crippen molar-refractivity contribution in [1.82, 2.24) is 24.6 Å². The minimum Gasteiger partial charge on any atom is -0.390 e. The van der Waals surface area contributed by atoms with Gasteiger partial charge in [-0.05, 0) is 6.07 Å². The van der Waals surface area contributed by atoms with E-state index < -0.39 is 0 Å². The Balaban J connectivity index is 1.52. The minimum atomic E-state index is -0.109. The molecule has 1 amide bonds. The molecule has 0 atom stereocenters. The normalized spacial score (nSPS) is 17.5. The summed E-state index contributed by atoms with van der Waals surface area (Å²) in [5, 5.41) is 13.6. The quantitative estimate of drug-likeness (QED) is 0.813. The second-order valence-corrected chi connectivity index (χ2v) is 6.10. The van der Waals surface area contributed by atoms with E-state index in [1.54, 1.807) is 11.1 Å². The summed E-state index contributed by atoms with van der Waals surface area (Å²) in [6.07, 6.45) is 3.19. The van der Waals surface area contributed by atoms with E-state index in [0.29, 0.717) is 56.6 Å². The zero-order valence-electron chi connectivity index (χ0n) is 13.8. The predicted octanol–water partition coefficient (Wildman–Crippen LogP) is -0.342. The minimum absolute atomic E-state index is 0.0661. The molecule has 1 N–H and O–H groups in total. The first kappa shape index (κ1) is 16.0. The molecule has 0 radical (unpaired) electrons. The molecule has 0 bridgehead atoms. The second-order valence-electron chi connectivity index (χ2n) is 6.10. The van der Waals surface area contributed by atoms with Crippen molar-refractivity contribution < 1.29 is 14.6 Å². The summed E-state index contributed by atoms with van der Waals surface area (Å²) in [5.41, 5.74) is 2.04. The van der Waals surface area contributed by atoms with Crippen molar-refractivity contribution in [3.05, 3.63) is 35.5 Å². The highest BCUT2D eigenvalue weighted by Gasteiger charge is 2.23. The lowest BCUT2D eigenvalue weighted by molar-refractivity contribution is 0.0299. The van der Waals surface area contributed by atoms with Crippen LogP contribution in [0.15, 0.2) is 18.5 Å². The highest BCUT2D eigenvalue weighted by atomic mass is 16.5. The molecule has 0 aromatic carbocycles. The first-order valence-corrected chi connectivity index (χ1v) is 8.35. The molecule has 2 aliphatic rings. The van der Waals surface area contributed by atoms with E-state index in [2.05, 4.69) is 20.0 Å². The van der Waals surface area contributed by atoms with E-state index >= 15 is 0 Å². The van der Waals surface area contributed by atoms with Gasteiger partial charge in [-0.2, -0.15) is 5.10 Å². The summed E-state index contributed by atoms with van der Waals surface area (Å²) >= 11 is 0. The van der Waals surface area contributed by atoms with Gasteiger partial charge < -0.3 is 19.6 Å². The molecule has 2 aliphatic heterocycles.